The smallest absolute Gasteiger partial charge is 0.290 e. The lowest BCUT2D eigenvalue weighted by Gasteiger charge is -2.32. The summed E-state index contributed by atoms with van der Waals surface area (Å²) < 4.78 is 0. The van der Waals surface area contributed by atoms with E-state index >= 15 is 0 Å². The van der Waals surface area contributed by atoms with Crippen LogP contribution in [0, 0.1) is 5.92 Å². The molecule has 8 nitrogen and oxygen atoms in total. The molecule has 2 fully saturated rings. The molecule has 38 heavy (non-hydrogen) atoms. The summed E-state index contributed by atoms with van der Waals surface area (Å²) in [5.41, 5.74) is 5.57. The van der Waals surface area contributed by atoms with E-state index in [1.807, 2.05) is 0 Å². The molecule has 2 aromatic carbocycles. The van der Waals surface area contributed by atoms with Gasteiger partial charge in [-0.1, -0.05) is 30.3 Å². The van der Waals surface area contributed by atoms with Crippen molar-refractivity contribution in [2.45, 2.75) is 19.4 Å². The molecule has 196 valence electrons. The molecule has 0 spiro atoms. The summed E-state index contributed by atoms with van der Waals surface area (Å²) in [6.45, 7) is 3.59. The molecule has 0 aliphatic carbocycles. The van der Waals surface area contributed by atoms with Crippen molar-refractivity contribution in [3.63, 3.8) is 0 Å². The van der Waals surface area contributed by atoms with Gasteiger partial charge in [-0.2, -0.15) is 0 Å². The van der Waals surface area contributed by atoms with E-state index < -0.39 is 0 Å². The second-order valence-electron chi connectivity index (χ2n) is 9.84. The molecule has 0 unspecified atom stereocenters. The van der Waals surface area contributed by atoms with Crippen LogP contribution < -0.4 is 20.4 Å². The first-order chi connectivity index (χ1) is 18.4. The number of carbonyl (C=O) groups excluding carboxylic acids is 2. The zero-order valence-electron chi connectivity index (χ0n) is 21.7. The molecule has 5 rings (SSSR count). The maximum Gasteiger partial charge on any atom is 0.290 e. The predicted octanol–water partition coefficient (Wildman–Crippen LogP) is 4.54. The van der Waals surface area contributed by atoms with Crippen LogP contribution in [0.2, 0.25) is 0 Å². The molecule has 9 heteroatoms. The molecule has 3 aromatic rings. The van der Waals surface area contributed by atoms with Crippen molar-refractivity contribution in [3.05, 3.63) is 77.0 Å². The molecule has 1 aromatic heterocycles. The Labute approximate surface area is 227 Å². The number of hydrogen-bond donors (Lipinski definition) is 2. The number of imide groups is 1. The lowest BCUT2D eigenvalue weighted by Crippen LogP contribution is -2.38. The molecule has 0 bridgehead atoms. The molecule has 3 heterocycles. The minimum Gasteiger partial charge on any atom is -0.378 e. The first-order valence-electron chi connectivity index (χ1n) is 12.8. The van der Waals surface area contributed by atoms with Crippen LogP contribution in [0.3, 0.4) is 0 Å². The third-order valence-electron chi connectivity index (χ3n) is 6.87. The maximum atomic E-state index is 11.8. The predicted molar refractivity (Wildman–Crippen MR) is 154 cm³/mol. The summed E-state index contributed by atoms with van der Waals surface area (Å²) in [4.78, 5) is 36.9. The van der Waals surface area contributed by atoms with Crippen molar-refractivity contribution in [1.29, 1.82) is 0 Å². The van der Waals surface area contributed by atoms with Crippen molar-refractivity contribution in [2.75, 3.05) is 43.5 Å². The highest BCUT2D eigenvalue weighted by molar-refractivity contribution is 8.18. The number of nitrogens with zero attached hydrogens (tertiary/aromatic N) is 4. The van der Waals surface area contributed by atoms with Crippen molar-refractivity contribution in [3.8, 4) is 11.1 Å². The molecule has 2 aliphatic rings. The largest absolute Gasteiger partial charge is 0.378 e. The van der Waals surface area contributed by atoms with Gasteiger partial charge >= 0.3 is 0 Å². The van der Waals surface area contributed by atoms with Gasteiger partial charge in [-0.15, -0.1) is 0 Å². The molecular formula is C29H32N6O2S. The van der Waals surface area contributed by atoms with Gasteiger partial charge in [0, 0.05) is 45.6 Å². The average molecular weight is 529 g/mol. The van der Waals surface area contributed by atoms with Gasteiger partial charge in [-0.05, 0) is 84.1 Å². The van der Waals surface area contributed by atoms with Crippen molar-refractivity contribution < 1.29 is 9.59 Å². The number of rotatable bonds is 8. The van der Waals surface area contributed by atoms with E-state index in [-0.39, 0.29) is 11.1 Å². The van der Waals surface area contributed by atoms with Gasteiger partial charge in [-0.25, -0.2) is 9.97 Å². The lowest BCUT2D eigenvalue weighted by molar-refractivity contribution is -0.115. The molecule has 0 atom stereocenters. The normalized spacial score (nSPS) is 17.2. The van der Waals surface area contributed by atoms with Crippen molar-refractivity contribution in [1.82, 2.24) is 20.6 Å². The summed E-state index contributed by atoms with van der Waals surface area (Å²) in [7, 11) is 4.13. The van der Waals surface area contributed by atoms with Crippen LogP contribution >= 0.6 is 11.8 Å². The Morgan fingerprint density at radius 2 is 1.84 bits per heavy atom. The summed E-state index contributed by atoms with van der Waals surface area (Å²) >= 11 is 0.896. The summed E-state index contributed by atoms with van der Waals surface area (Å²) in [5, 5.41) is 5.57. The van der Waals surface area contributed by atoms with E-state index in [4.69, 9.17) is 0 Å². The first-order valence-corrected chi connectivity index (χ1v) is 13.7. The number of nitrogens with one attached hydrogen (secondary N) is 2. The topological polar surface area (TPSA) is 90.5 Å². The highest BCUT2D eigenvalue weighted by Crippen LogP contribution is 2.27. The van der Waals surface area contributed by atoms with Gasteiger partial charge in [-0.3, -0.25) is 14.9 Å². The second-order valence-corrected chi connectivity index (χ2v) is 10.9. The monoisotopic (exact) mass is 528 g/mol. The molecule has 2 N–H and O–H groups in total. The summed E-state index contributed by atoms with van der Waals surface area (Å²) in [5.74, 6) is 0.885. The number of thioether (sulfide) groups is 1. The van der Waals surface area contributed by atoms with Crippen LogP contribution in [0.5, 0.6) is 0 Å². The molecular weight excluding hydrogens is 496 g/mol. The summed E-state index contributed by atoms with van der Waals surface area (Å²) in [6, 6.07) is 19.1. The number of hydrogen-bond acceptors (Lipinski definition) is 8. The molecule has 2 amide bonds. The third kappa shape index (κ3) is 6.41. The van der Waals surface area contributed by atoms with Gasteiger partial charge < -0.3 is 15.1 Å². The van der Waals surface area contributed by atoms with Gasteiger partial charge in [0.15, 0.2) is 0 Å². The fourth-order valence-corrected chi connectivity index (χ4v) is 5.40. The number of benzene rings is 2. The standard InChI is InChI=1S/C29H32N6O2S/c1-34(2)25-8-4-7-23(16-25)22-6-3-5-21(15-22)19-30-18-20-10-13-35(14-11-20)28-31-12-9-24(32-28)17-26-27(36)33-29(37)38-26/h3-9,12,15-17,20,30H,10-11,13-14,18-19H2,1-2H3,(H,33,36,37). The SMILES string of the molecule is CN(C)c1cccc(-c2cccc(CNCC3CCN(c4nccc(C=C5SC(=O)NC5=O)n4)CC3)c2)c1. The Morgan fingerprint density at radius 3 is 2.58 bits per heavy atom. The number of carbonyl (C=O) groups is 2. The zero-order valence-corrected chi connectivity index (χ0v) is 22.5. The van der Waals surface area contributed by atoms with E-state index in [0.717, 1.165) is 50.8 Å². The Hall–Kier alpha value is -3.69. The average Bonchev–Trinajstić information content (AvgIpc) is 3.25. The fourth-order valence-electron chi connectivity index (χ4n) is 4.73. The van der Waals surface area contributed by atoms with E-state index in [1.54, 1.807) is 18.3 Å². The van der Waals surface area contributed by atoms with Gasteiger partial charge in [0.2, 0.25) is 5.95 Å². The minimum absolute atomic E-state index is 0.353. The third-order valence-corrected chi connectivity index (χ3v) is 7.68. The molecule has 2 saturated heterocycles. The van der Waals surface area contributed by atoms with Crippen LogP contribution in [0.4, 0.5) is 16.4 Å². The van der Waals surface area contributed by atoms with Crippen LogP contribution in [0.15, 0.2) is 65.7 Å². The van der Waals surface area contributed by atoms with Crippen molar-refractivity contribution >= 4 is 40.6 Å². The van der Waals surface area contributed by atoms with Gasteiger partial charge in [0.25, 0.3) is 11.1 Å². The van der Waals surface area contributed by atoms with Gasteiger partial charge in [0.1, 0.15) is 0 Å². The van der Waals surface area contributed by atoms with E-state index in [1.165, 1.54) is 22.4 Å². The van der Waals surface area contributed by atoms with E-state index in [2.05, 4.69) is 93.0 Å². The van der Waals surface area contributed by atoms with Gasteiger partial charge in [0.05, 0.1) is 10.6 Å². The Balaban J connectivity index is 1.12. The van der Waals surface area contributed by atoms with Crippen molar-refractivity contribution in [2.24, 2.45) is 5.92 Å². The van der Waals surface area contributed by atoms with Crippen LogP contribution in [-0.4, -0.2) is 54.8 Å². The number of amides is 2. The number of aromatic nitrogens is 2. The number of anilines is 2. The highest BCUT2D eigenvalue weighted by atomic mass is 32.2. The van der Waals surface area contributed by atoms with Crippen LogP contribution in [0.1, 0.15) is 24.1 Å². The van der Waals surface area contributed by atoms with E-state index in [0.29, 0.717) is 22.5 Å². The fraction of sp³-hybridized carbons (Fsp3) is 0.310. The highest BCUT2D eigenvalue weighted by Gasteiger charge is 2.25. The Kier molecular flexibility index (Phi) is 8.05. The minimum atomic E-state index is -0.376. The lowest BCUT2D eigenvalue weighted by atomic mass is 9.97. The molecule has 2 aliphatic heterocycles. The summed E-state index contributed by atoms with van der Waals surface area (Å²) in [6.07, 6.45) is 5.46. The maximum absolute atomic E-state index is 11.8. The number of piperidine rings is 1. The second kappa shape index (κ2) is 11.8. The van der Waals surface area contributed by atoms with Crippen LogP contribution in [0.25, 0.3) is 17.2 Å². The molecule has 0 saturated carbocycles. The van der Waals surface area contributed by atoms with E-state index in [9.17, 15) is 9.59 Å². The first kappa shape index (κ1) is 25.9. The van der Waals surface area contributed by atoms with Crippen LogP contribution in [-0.2, 0) is 11.3 Å². The Bertz CT molecular complexity index is 1350. The quantitative estimate of drug-likeness (QED) is 0.412. The Morgan fingerprint density at radius 1 is 1.08 bits per heavy atom. The molecule has 0 radical (unpaired) electrons. The zero-order chi connectivity index (χ0) is 26.5.